The van der Waals surface area contributed by atoms with E-state index in [0.717, 1.165) is 6.42 Å². The molecule has 0 unspecified atom stereocenters. The molecule has 122 valence electrons. The second kappa shape index (κ2) is 9.02. The number of benzene rings is 2. The average molecular weight is 315 g/mol. The van der Waals surface area contributed by atoms with Gasteiger partial charge in [-0.05, 0) is 42.0 Å². The van der Waals surface area contributed by atoms with Crippen molar-refractivity contribution in [2.45, 2.75) is 38.0 Å². The summed E-state index contributed by atoms with van der Waals surface area (Å²) in [6.45, 7) is 0. The van der Waals surface area contributed by atoms with Gasteiger partial charge in [0, 0.05) is 18.3 Å². The summed E-state index contributed by atoms with van der Waals surface area (Å²) in [6.07, 6.45) is 9.93. The Hall–Kier alpha value is -2.41. The van der Waals surface area contributed by atoms with Gasteiger partial charge in [0.05, 0.1) is 0 Å². The maximum atomic E-state index is 4.19. The first-order valence-corrected chi connectivity index (χ1v) is 8.92. The summed E-state index contributed by atoms with van der Waals surface area (Å²) >= 11 is 0. The Kier molecular flexibility index (Phi) is 6.18. The van der Waals surface area contributed by atoms with E-state index in [2.05, 4.69) is 71.7 Å². The number of rotatable bonds is 8. The normalized spacial score (nSPS) is 10.9. The van der Waals surface area contributed by atoms with Crippen molar-refractivity contribution < 1.29 is 0 Å². The van der Waals surface area contributed by atoms with Crippen LogP contribution >= 0.6 is 0 Å². The first-order chi connectivity index (χ1) is 11.9. The standard InChI is InChI=1S/C23H25N/c1(4-11-20-12-10-18-24-19-20)9-17-23(21-13-5-2-6-14-21)22-15-7-3-8-16-22/h2-3,5-8,10,12-16,18-19,23H,1,4,9,11,17H2. The van der Waals surface area contributed by atoms with E-state index in [4.69, 9.17) is 0 Å². The summed E-state index contributed by atoms with van der Waals surface area (Å²) < 4.78 is 0. The van der Waals surface area contributed by atoms with Gasteiger partial charge in [-0.1, -0.05) is 79.6 Å². The van der Waals surface area contributed by atoms with Crippen molar-refractivity contribution in [3.63, 3.8) is 0 Å². The second-order valence-electron chi connectivity index (χ2n) is 6.33. The van der Waals surface area contributed by atoms with Gasteiger partial charge in [-0.2, -0.15) is 0 Å². The highest BCUT2D eigenvalue weighted by Gasteiger charge is 2.13. The Labute approximate surface area is 145 Å². The van der Waals surface area contributed by atoms with E-state index in [-0.39, 0.29) is 0 Å². The molecular formula is C23H25N. The van der Waals surface area contributed by atoms with Gasteiger partial charge in [0.15, 0.2) is 0 Å². The zero-order chi connectivity index (χ0) is 16.5. The van der Waals surface area contributed by atoms with Crippen molar-refractivity contribution in [3.8, 4) is 0 Å². The lowest BCUT2D eigenvalue weighted by Crippen LogP contribution is -2.01. The van der Waals surface area contributed by atoms with Crippen LogP contribution in [-0.4, -0.2) is 4.98 Å². The van der Waals surface area contributed by atoms with Crippen LogP contribution in [0.5, 0.6) is 0 Å². The van der Waals surface area contributed by atoms with E-state index in [1.54, 1.807) is 0 Å². The van der Waals surface area contributed by atoms with Crippen molar-refractivity contribution in [2.24, 2.45) is 0 Å². The Morgan fingerprint density at radius 2 is 1.33 bits per heavy atom. The zero-order valence-corrected chi connectivity index (χ0v) is 14.1. The quantitative estimate of drug-likeness (QED) is 0.463. The predicted octanol–water partition coefficient (Wildman–Crippen LogP) is 6.02. The van der Waals surface area contributed by atoms with E-state index in [9.17, 15) is 0 Å². The van der Waals surface area contributed by atoms with Crippen LogP contribution < -0.4 is 0 Å². The molecule has 1 heterocycles. The Morgan fingerprint density at radius 3 is 1.92 bits per heavy atom. The van der Waals surface area contributed by atoms with E-state index in [1.165, 1.54) is 42.4 Å². The van der Waals surface area contributed by atoms with Gasteiger partial charge in [0.25, 0.3) is 0 Å². The molecule has 0 fully saturated rings. The summed E-state index contributed by atoms with van der Waals surface area (Å²) in [4.78, 5) is 4.19. The number of aryl methyl sites for hydroxylation is 1. The minimum atomic E-state index is 0.505. The zero-order valence-electron chi connectivity index (χ0n) is 14.1. The largest absolute Gasteiger partial charge is 0.264 e. The average Bonchev–Trinajstić information content (AvgIpc) is 2.67. The molecule has 24 heavy (non-hydrogen) atoms. The molecule has 0 radical (unpaired) electrons. The fourth-order valence-corrected chi connectivity index (χ4v) is 3.30. The predicted molar refractivity (Wildman–Crippen MR) is 101 cm³/mol. The van der Waals surface area contributed by atoms with Crippen molar-refractivity contribution in [1.29, 1.82) is 0 Å². The molecule has 0 aliphatic carbocycles. The number of aromatic nitrogens is 1. The van der Waals surface area contributed by atoms with E-state index < -0.39 is 0 Å². The van der Waals surface area contributed by atoms with Crippen molar-refractivity contribution >= 4 is 0 Å². The molecule has 0 aliphatic rings. The summed E-state index contributed by atoms with van der Waals surface area (Å²) in [6, 6.07) is 26.0. The topological polar surface area (TPSA) is 12.9 Å². The van der Waals surface area contributed by atoms with Crippen LogP contribution in [0.2, 0.25) is 0 Å². The van der Waals surface area contributed by atoms with Crippen LogP contribution in [0, 0.1) is 0 Å². The highest BCUT2D eigenvalue weighted by atomic mass is 14.6. The van der Waals surface area contributed by atoms with Crippen LogP contribution in [0.15, 0.2) is 85.2 Å². The molecule has 1 aromatic heterocycles. The van der Waals surface area contributed by atoms with Gasteiger partial charge in [0.1, 0.15) is 0 Å². The van der Waals surface area contributed by atoms with E-state index in [0.29, 0.717) is 5.92 Å². The molecule has 1 nitrogen and oxygen atoms in total. The third-order valence-electron chi connectivity index (χ3n) is 4.58. The van der Waals surface area contributed by atoms with Gasteiger partial charge in [-0.15, -0.1) is 0 Å². The van der Waals surface area contributed by atoms with E-state index in [1.807, 2.05) is 18.5 Å². The molecule has 0 saturated heterocycles. The van der Waals surface area contributed by atoms with Crippen LogP contribution in [0.3, 0.4) is 0 Å². The monoisotopic (exact) mass is 315 g/mol. The number of pyridine rings is 1. The van der Waals surface area contributed by atoms with Crippen molar-refractivity contribution in [1.82, 2.24) is 4.98 Å². The SMILES string of the molecule is c1ccc(C(CCCCCc2cccnc2)c2ccccc2)cc1. The number of nitrogens with zero attached hydrogens (tertiary/aromatic N) is 1. The molecule has 0 aliphatic heterocycles. The molecule has 0 spiro atoms. The maximum absolute atomic E-state index is 4.19. The first-order valence-electron chi connectivity index (χ1n) is 8.92. The minimum absolute atomic E-state index is 0.505. The van der Waals surface area contributed by atoms with Gasteiger partial charge in [0.2, 0.25) is 0 Å². The Bertz CT molecular complexity index is 652. The Balaban J connectivity index is 1.55. The van der Waals surface area contributed by atoms with Gasteiger partial charge >= 0.3 is 0 Å². The molecule has 0 amide bonds. The molecule has 3 aromatic rings. The summed E-state index contributed by atoms with van der Waals surface area (Å²) in [5, 5.41) is 0. The third kappa shape index (κ3) is 4.79. The van der Waals surface area contributed by atoms with Crippen LogP contribution in [0.1, 0.15) is 48.3 Å². The van der Waals surface area contributed by atoms with Gasteiger partial charge in [-0.25, -0.2) is 0 Å². The first kappa shape index (κ1) is 16.4. The minimum Gasteiger partial charge on any atom is -0.264 e. The number of unbranched alkanes of at least 4 members (excludes halogenated alkanes) is 2. The van der Waals surface area contributed by atoms with E-state index >= 15 is 0 Å². The van der Waals surface area contributed by atoms with Crippen LogP contribution in [-0.2, 0) is 6.42 Å². The molecule has 1 heteroatoms. The molecule has 0 atom stereocenters. The summed E-state index contributed by atoms with van der Waals surface area (Å²) in [7, 11) is 0. The fourth-order valence-electron chi connectivity index (χ4n) is 3.30. The highest BCUT2D eigenvalue weighted by molar-refractivity contribution is 5.32. The lowest BCUT2D eigenvalue weighted by molar-refractivity contribution is 0.601. The molecule has 0 bridgehead atoms. The number of hydrogen-bond donors (Lipinski definition) is 0. The molecule has 3 rings (SSSR count). The summed E-state index contributed by atoms with van der Waals surface area (Å²) in [5.41, 5.74) is 4.20. The number of hydrogen-bond acceptors (Lipinski definition) is 1. The second-order valence-corrected chi connectivity index (χ2v) is 6.33. The fraction of sp³-hybridized carbons (Fsp3) is 0.261. The van der Waals surface area contributed by atoms with Crippen molar-refractivity contribution in [2.75, 3.05) is 0 Å². The molecule has 0 saturated carbocycles. The molecule has 0 N–H and O–H groups in total. The van der Waals surface area contributed by atoms with Gasteiger partial charge < -0.3 is 0 Å². The van der Waals surface area contributed by atoms with Crippen LogP contribution in [0.4, 0.5) is 0 Å². The maximum Gasteiger partial charge on any atom is 0.0299 e. The third-order valence-corrected chi connectivity index (χ3v) is 4.58. The van der Waals surface area contributed by atoms with Crippen LogP contribution in [0.25, 0.3) is 0 Å². The van der Waals surface area contributed by atoms with Gasteiger partial charge in [-0.3, -0.25) is 4.98 Å². The summed E-state index contributed by atoms with van der Waals surface area (Å²) in [5.74, 6) is 0.505. The molecule has 2 aromatic carbocycles. The lowest BCUT2D eigenvalue weighted by Gasteiger charge is -2.18. The van der Waals surface area contributed by atoms with Crippen molar-refractivity contribution in [3.05, 3.63) is 102 Å². The Morgan fingerprint density at radius 1 is 0.667 bits per heavy atom. The smallest absolute Gasteiger partial charge is 0.0299 e. The molecular weight excluding hydrogens is 290 g/mol. The lowest BCUT2D eigenvalue weighted by atomic mass is 9.87. The highest BCUT2D eigenvalue weighted by Crippen LogP contribution is 2.29.